The predicted molar refractivity (Wildman–Crippen MR) is 81.9 cm³/mol. The first-order valence-electron chi connectivity index (χ1n) is 7.67. The van der Waals surface area contributed by atoms with Crippen LogP contribution in [0.5, 0.6) is 0 Å². The summed E-state index contributed by atoms with van der Waals surface area (Å²) in [6.45, 7) is 3.31. The summed E-state index contributed by atoms with van der Waals surface area (Å²) in [7, 11) is 0. The summed E-state index contributed by atoms with van der Waals surface area (Å²) in [5.74, 6) is 1.19. The molecule has 1 aliphatic heterocycles. The lowest BCUT2D eigenvalue weighted by Gasteiger charge is -2.23. The molecule has 1 aromatic carbocycles. The van der Waals surface area contributed by atoms with E-state index in [1.807, 2.05) is 24.3 Å². The zero-order valence-electron chi connectivity index (χ0n) is 11.8. The molecule has 1 aliphatic carbocycles. The van der Waals surface area contributed by atoms with Crippen molar-refractivity contribution in [3.8, 4) is 0 Å². The van der Waals surface area contributed by atoms with Crippen LogP contribution in [0.4, 0.5) is 11.4 Å². The van der Waals surface area contributed by atoms with Crippen LogP contribution in [0.15, 0.2) is 24.3 Å². The molecule has 1 amide bonds. The van der Waals surface area contributed by atoms with Crippen LogP contribution in [0.25, 0.3) is 0 Å². The minimum atomic E-state index is 0.167. The van der Waals surface area contributed by atoms with Crippen molar-refractivity contribution in [3.05, 3.63) is 24.3 Å². The monoisotopic (exact) mass is 273 g/mol. The third-order valence-corrected chi connectivity index (χ3v) is 4.15. The van der Waals surface area contributed by atoms with Gasteiger partial charge in [0.15, 0.2) is 0 Å². The molecule has 2 aliphatic rings. The molecule has 3 N–H and O–H groups in total. The number of hydrogen-bond acceptors (Lipinski definition) is 3. The van der Waals surface area contributed by atoms with Gasteiger partial charge in [0.2, 0.25) is 5.91 Å². The van der Waals surface area contributed by atoms with Gasteiger partial charge in [-0.2, -0.15) is 0 Å². The molecule has 0 aromatic heterocycles. The average molecular weight is 273 g/mol. The maximum absolute atomic E-state index is 11.7. The maximum Gasteiger partial charge on any atom is 0.227 e. The van der Waals surface area contributed by atoms with Crippen LogP contribution < -0.4 is 16.0 Å². The highest BCUT2D eigenvalue weighted by Gasteiger charge is 2.29. The van der Waals surface area contributed by atoms with Crippen LogP contribution in [0.1, 0.15) is 25.7 Å². The van der Waals surface area contributed by atoms with Crippen molar-refractivity contribution in [2.45, 2.75) is 25.7 Å². The Morgan fingerprint density at radius 1 is 1.05 bits per heavy atom. The van der Waals surface area contributed by atoms with Crippen molar-refractivity contribution in [3.63, 3.8) is 0 Å². The summed E-state index contributed by atoms with van der Waals surface area (Å²) >= 11 is 0. The number of carbonyl (C=O) groups is 1. The number of rotatable bonds is 5. The maximum atomic E-state index is 11.7. The van der Waals surface area contributed by atoms with E-state index in [1.54, 1.807) is 0 Å². The van der Waals surface area contributed by atoms with Crippen LogP contribution in [0, 0.1) is 11.8 Å². The fourth-order valence-electron chi connectivity index (χ4n) is 2.61. The highest BCUT2D eigenvalue weighted by atomic mass is 16.2. The second-order valence-corrected chi connectivity index (χ2v) is 5.92. The Morgan fingerprint density at radius 2 is 1.70 bits per heavy atom. The molecular weight excluding hydrogens is 250 g/mol. The lowest BCUT2D eigenvalue weighted by atomic mass is 9.98. The summed E-state index contributed by atoms with van der Waals surface area (Å²) < 4.78 is 0. The van der Waals surface area contributed by atoms with E-state index in [0.717, 1.165) is 49.8 Å². The van der Waals surface area contributed by atoms with Gasteiger partial charge in [-0.15, -0.1) is 0 Å². The Balaban J connectivity index is 1.46. The number of piperidine rings is 1. The lowest BCUT2D eigenvalue weighted by Crippen LogP contribution is -2.31. The van der Waals surface area contributed by atoms with Gasteiger partial charge in [-0.25, -0.2) is 0 Å². The van der Waals surface area contributed by atoms with Crippen molar-refractivity contribution < 1.29 is 4.79 Å². The van der Waals surface area contributed by atoms with Crippen molar-refractivity contribution >= 4 is 17.3 Å². The van der Waals surface area contributed by atoms with E-state index in [4.69, 9.17) is 0 Å². The summed E-state index contributed by atoms with van der Waals surface area (Å²) in [6.07, 6.45) is 4.59. The molecule has 0 bridgehead atoms. The highest BCUT2D eigenvalue weighted by molar-refractivity contribution is 5.94. The number of nitrogens with one attached hydrogen (secondary N) is 3. The van der Waals surface area contributed by atoms with E-state index in [2.05, 4.69) is 16.0 Å². The Kier molecular flexibility index (Phi) is 4.21. The summed E-state index contributed by atoms with van der Waals surface area (Å²) in [6, 6.07) is 8.04. The molecule has 1 saturated carbocycles. The largest absolute Gasteiger partial charge is 0.385 e. The smallest absolute Gasteiger partial charge is 0.227 e. The molecule has 1 aromatic rings. The van der Waals surface area contributed by atoms with Gasteiger partial charge in [-0.1, -0.05) is 0 Å². The summed E-state index contributed by atoms with van der Waals surface area (Å²) in [4.78, 5) is 11.7. The van der Waals surface area contributed by atoms with Crippen molar-refractivity contribution in [1.82, 2.24) is 5.32 Å². The van der Waals surface area contributed by atoms with E-state index < -0.39 is 0 Å². The second-order valence-electron chi connectivity index (χ2n) is 5.92. The zero-order chi connectivity index (χ0) is 13.8. The first kappa shape index (κ1) is 13.4. The van der Waals surface area contributed by atoms with Gasteiger partial charge in [0.25, 0.3) is 0 Å². The number of carbonyl (C=O) groups excluding carboxylic acids is 1. The Labute approximate surface area is 120 Å². The lowest BCUT2D eigenvalue weighted by molar-refractivity contribution is -0.117. The van der Waals surface area contributed by atoms with E-state index in [1.165, 1.54) is 12.8 Å². The van der Waals surface area contributed by atoms with Gasteiger partial charge in [-0.05, 0) is 69.0 Å². The van der Waals surface area contributed by atoms with Crippen molar-refractivity contribution in [1.29, 1.82) is 0 Å². The molecule has 20 heavy (non-hydrogen) atoms. The SMILES string of the molecule is O=C(Nc1ccc(NCC2CCNCC2)cc1)C1CC1. The van der Waals surface area contributed by atoms with Gasteiger partial charge in [0.05, 0.1) is 0 Å². The molecule has 2 fully saturated rings. The van der Waals surface area contributed by atoms with Crippen LogP contribution >= 0.6 is 0 Å². The first-order chi connectivity index (χ1) is 9.81. The standard InChI is InChI=1S/C16H23N3O/c20-16(13-1-2-13)19-15-5-3-14(4-6-15)18-11-12-7-9-17-10-8-12/h3-6,12-13,17-18H,1-2,7-11H2,(H,19,20). The molecule has 3 rings (SSSR count). The molecule has 0 unspecified atom stereocenters. The van der Waals surface area contributed by atoms with Gasteiger partial charge < -0.3 is 16.0 Å². The van der Waals surface area contributed by atoms with E-state index >= 15 is 0 Å². The molecule has 0 atom stereocenters. The summed E-state index contributed by atoms with van der Waals surface area (Å²) in [5.41, 5.74) is 2.03. The van der Waals surface area contributed by atoms with Crippen LogP contribution in [-0.4, -0.2) is 25.5 Å². The molecule has 1 saturated heterocycles. The molecule has 1 heterocycles. The predicted octanol–water partition coefficient (Wildman–Crippen LogP) is 2.45. The highest BCUT2D eigenvalue weighted by Crippen LogP contribution is 2.30. The minimum Gasteiger partial charge on any atom is -0.385 e. The van der Waals surface area contributed by atoms with Crippen molar-refractivity contribution in [2.24, 2.45) is 11.8 Å². The average Bonchev–Trinajstić information content (AvgIpc) is 3.32. The molecule has 0 spiro atoms. The fourth-order valence-corrected chi connectivity index (χ4v) is 2.61. The Bertz CT molecular complexity index is 447. The molecular formula is C16H23N3O. The molecule has 4 heteroatoms. The van der Waals surface area contributed by atoms with E-state index in [0.29, 0.717) is 0 Å². The van der Waals surface area contributed by atoms with Gasteiger partial charge in [0.1, 0.15) is 0 Å². The van der Waals surface area contributed by atoms with Crippen LogP contribution in [0.3, 0.4) is 0 Å². The quantitative estimate of drug-likeness (QED) is 0.772. The van der Waals surface area contributed by atoms with Crippen molar-refractivity contribution in [2.75, 3.05) is 30.3 Å². The van der Waals surface area contributed by atoms with Crippen LogP contribution in [0.2, 0.25) is 0 Å². The summed E-state index contributed by atoms with van der Waals surface area (Å²) in [5, 5.41) is 9.84. The fraction of sp³-hybridized carbons (Fsp3) is 0.562. The third kappa shape index (κ3) is 3.73. The topological polar surface area (TPSA) is 53.2 Å². The van der Waals surface area contributed by atoms with E-state index in [9.17, 15) is 4.79 Å². The number of anilines is 2. The minimum absolute atomic E-state index is 0.167. The Hall–Kier alpha value is -1.55. The van der Waals surface area contributed by atoms with Gasteiger partial charge in [0, 0.05) is 23.8 Å². The molecule has 0 radical (unpaired) electrons. The number of hydrogen-bond donors (Lipinski definition) is 3. The number of benzene rings is 1. The second kappa shape index (κ2) is 6.27. The zero-order valence-corrected chi connectivity index (χ0v) is 11.8. The van der Waals surface area contributed by atoms with Gasteiger partial charge in [-0.3, -0.25) is 4.79 Å². The normalized spacial score (nSPS) is 19.6. The first-order valence-corrected chi connectivity index (χ1v) is 7.67. The van der Waals surface area contributed by atoms with E-state index in [-0.39, 0.29) is 11.8 Å². The third-order valence-electron chi connectivity index (χ3n) is 4.15. The molecule has 4 nitrogen and oxygen atoms in total. The molecule has 108 valence electrons. The van der Waals surface area contributed by atoms with Gasteiger partial charge >= 0.3 is 0 Å². The Morgan fingerprint density at radius 3 is 2.35 bits per heavy atom. The number of amides is 1. The van der Waals surface area contributed by atoms with Crippen LogP contribution in [-0.2, 0) is 4.79 Å².